The first kappa shape index (κ1) is 26.6. The fourth-order valence-corrected chi connectivity index (χ4v) is 3.75. The van der Waals surface area contributed by atoms with Gasteiger partial charge in [0.15, 0.2) is 5.76 Å². The minimum atomic E-state index is -1.47. The van der Waals surface area contributed by atoms with Gasteiger partial charge in [-0.25, -0.2) is 4.79 Å². The molecule has 0 aliphatic heterocycles. The predicted octanol–water partition coefficient (Wildman–Crippen LogP) is 3.43. The smallest absolute Gasteiger partial charge is 0.328 e. The van der Waals surface area contributed by atoms with Crippen LogP contribution in [0.4, 0.5) is 0 Å². The van der Waals surface area contributed by atoms with Crippen LogP contribution < -0.4 is 16.0 Å². The molecule has 0 bridgehead atoms. The van der Waals surface area contributed by atoms with Crippen molar-refractivity contribution in [2.45, 2.75) is 19.5 Å². The fraction of sp³-hybridized carbons (Fsp3) is 0.167. The average Bonchev–Trinajstić information content (AvgIpc) is 3.50. The van der Waals surface area contributed by atoms with Crippen LogP contribution in [0.2, 0.25) is 10.0 Å². The average molecular weight is 534 g/mol. The van der Waals surface area contributed by atoms with E-state index in [1.54, 1.807) is 25.1 Å². The molecule has 3 amide bonds. The lowest BCUT2D eigenvalue weighted by atomic mass is 10.1. The van der Waals surface area contributed by atoms with Crippen molar-refractivity contribution >= 4 is 53.0 Å². The molecule has 188 valence electrons. The van der Waals surface area contributed by atoms with E-state index in [2.05, 4.69) is 16.0 Å². The van der Waals surface area contributed by atoms with Gasteiger partial charge in [-0.05, 0) is 48.9 Å². The zero-order valence-electron chi connectivity index (χ0n) is 18.8. The highest BCUT2D eigenvalue weighted by molar-refractivity contribution is 6.39. The number of hydrogen-bond donors (Lipinski definition) is 4. The molecule has 0 fully saturated rings. The Kier molecular flexibility index (Phi) is 8.93. The molecule has 0 aliphatic rings. The molecule has 0 spiro atoms. The molecule has 2 heterocycles. The first-order valence-electron chi connectivity index (χ1n) is 10.5. The number of carboxylic acid groups (broad SMARTS) is 1. The number of carbonyl (C=O) groups is 4. The number of amides is 3. The van der Waals surface area contributed by atoms with Crippen molar-refractivity contribution in [3.8, 4) is 0 Å². The van der Waals surface area contributed by atoms with Gasteiger partial charge in [0.25, 0.3) is 11.8 Å². The lowest BCUT2D eigenvalue weighted by Gasteiger charge is -2.17. The van der Waals surface area contributed by atoms with Crippen LogP contribution in [0.25, 0.3) is 6.08 Å². The van der Waals surface area contributed by atoms with Crippen LogP contribution in [0.1, 0.15) is 37.8 Å². The highest BCUT2D eigenvalue weighted by Gasteiger charge is 2.25. The van der Waals surface area contributed by atoms with Gasteiger partial charge < -0.3 is 29.9 Å². The zero-order chi connectivity index (χ0) is 26.2. The second kappa shape index (κ2) is 12.1. The number of benzene rings is 1. The molecule has 2 aromatic heterocycles. The second-order valence-corrected chi connectivity index (χ2v) is 8.32. The first-order valence-corrected chi connectivity index (χ1v) is 11.2. The SMILES string of the molecule is Cc1ccoc1C(=O)NCC(NC(=O)c1c(Cl)cc(CNC(=O)/C=C/c2ccco2)cc1Cl)C(=O)O. The predicted molar refractivity (Wildman–Crippen MR) is 131 cm³/mol. The van der Waals surface area contributed by atoms with E-state index >= 15 is 0 Å². The molecule has 10 nitrogen and oxygen atoms in total. The van der Waals surface area contributed by atoms with E-state index in [9.17, 15) is 24.3 Å². The van der Waals surface area contributed by atoms with Crippen LogP contribution >= 0.6 is 23.2 Å². The molecule has 12 heteroatoms. The molecule has 1 unspecified atom stereocenters. The molecule has 3 rings (SSSR count). The number of rotatable bonds is 10. The maximum absolute atomic E-state index is 12.7. The Morgan fingerprint density at radius 1 is 1.03 bits per heavy atom. The standard InChI is InChI=1S/C24H21Cl2N3O7/c1-13-6-8-36-21(13)23(32)28-12-18(24(33)34)29-22(31)20-16(25)9-14(10-17(20)26)11-27-19(30)5-4-15-3-2-7-35-15/h2-10,18H,11-12H2,1H3,(H,27,30)(H,28,32)(H,29,31)(H,33,34)/b5-4+. The van der Waals surface area contributed by atoms with Crippen molar-refractivity contribution in [2.75, 3.05) is 6.54 Å². The summed E-state index contributed by atoms with van der Waals surface area (Å²) in [6.07, 6.45) is 5.61. The highest BCUT2D eigenvalue weighted by atomic mass is 35.5. The Morgan fingerprint density at radius 3 is 2.33 bits per heavy atom. The fourth-order valence-electron chi connectivity index (χ4n) is 3.05. The van der Waals surface area contributed by atoms with Crippen LogP contribution in [0.5, 0.6) is 0 Å². The van der Waals surface area contributed by atoms with E-state index in [1.165, 1.54) is 36.8 Å². The van der Waals surface area contributed by atoms with Crippen molar-refractivity contribution in [1.82, 2.24) is 16.0 Å². The van der Waals surface area contributed by atoms with E-state index in [4.69, 9.17) is 32.0 Å². The third-order valence-corrected chi connectivity index (χ3v) is 5.47. The Bertz CT molecular complexity index is 1280. The van der Waals surface area contributed by atoms with Crippen molar-refractivity contribution < 1.29 is 33.1 Å². The molecule has 0 radical (unpaired) electrons. The number of hydrogen-bond acceptors (Lipinski definition) is 6. The third kappa shape index (κ3) is 7.00. The maximum Gasteiger partial charge on any atom is 0.328 e. The Labute approximate surface area is 215 Å². The number of aliphatic carboxylic acids is 1. The number of carboxylic acids is 1. The van der Waals surface area contributed by atoms with Crippen LogP contribution in [0.3, 0.4) is 0 Å². The van der Waals surface area contributed by atoms with Gasteiger partial charge in [0, 0.05) is 24.7 Å². The van der Waals surface area contributed by atoms with Gasteiger partial charge in [0.1, 0.15) is 11.8 Å². The second-order valence-electron chi connectivity index (χ2n) is 7.51. The van der Waals surface area contributed by atoms with Gasteiger partial charge in [0.2, 0.25) is 5.91 Å². The number of halogens is 2. The monoisotopic (exact) mass is 533 g/mol. The Hall–Kier alpha value is -4.02. The van der Waals surface area contributed by atoms with E-state index in [0.717, 1.165) is 0 Å². The Morgan fingerprint density at radius 2 is 1.75 bits per heavy atom. The summed E-state index contributed by atoms with van der Waals surface area (Å²) in [5, 5.41) is 16.7. The zero-order valence-corrected chi connectivity index (χ0v) is 20.4. The van der Waals surface area contributed by atoms with Gasteiger partial charge in [0.05, 0.1) is 28.1 Å². The summed E-state index contributed by atoms with van der Waals surface area (Å²) < 4.78 is 10.2. The topological polar surface area (TPSA) is 151 Å². The summed E-state index contributed by atoms with van der Waals surface area (Å²) in [5.74, 6) is -2.69. The van der Waals surface area contributed by atoms with E-state index < -0.39 is 36.3 Å². The molecule has 36 heavy (non-hydrogen) atoms. The molecule has 0 aliphatic carbocycles. The lowest BCUT2D eigenvalue weighted by molar-refractivity contribution is -0.139. The van der Waals surface area contributed by atoms with Crippen LogP contribution in [0.15, 0.2) is 57.8 Å². The maximum atomic E-state index is 12.7. The van der Waals surface area contributed by atoms with Crippen molar-refractivity contribution in [2.24, 2.45) is 0 Å². The van der Waals surface area contributed by atoms with Crippen molar-refractivity contribution in [3.63, 3.8) is 0 Å². The molecular formula is C24H21Cl2N3O7. The summed E-state index contributed by atoms with van der Waals surface area (Å²) in [5.41, 5.74) is 0.939. The van der Waals surface area contributed by atoms with Gasteiger partial charge in [-0.15, -0.1) is 0 Å². The first-order chi connectivity index (χ1) is 17.2. The molecule has 0 saturated carbocycles. The summed E-state index contributed by atoms with van der Waals surface area (Å²) in [7, 11) is 0. The van der Waals surface area contributed by atoms with Gasteiger partial charge >= 0.3 is 5.97 Å². The summed E-state index contributed by atoms with van der Waals surface area (Å²) in [6.45, 7) is 1.31. The molecule has 0 saturated heterocycles. The molecular weight excluding hydrogens is 513 g/mol. The van der Waals surface area contributed by atoms with Crippen LogP contribution in [-0.4, -0.2) is 41.4 Å². The molecule has 1 aromatic carbocycles. The minimum Gasteiger partial charge on any atom is -0.480 e. The number of furan rings is 2. The quantitative estimate of drug-likeness (QED) is 0.291. The van der Waals surface area contributed by atoms with Gasteiger partial charge in [-0.3, -0.25) is 14.4 Å². The third-order valence-electron chi connectivity index (χ3n) is 4.88. The van der Waals surface area contributed by atoms with Crippen molar-refractivity contribution in [3.05, 3.63) is 87.2 Å². The van der Waals surface area contributed by atoms with Gasteiger partial charge in [-0.2, -0.15) is 0 Å². The number of nitrogens with one attached hydrogen (secondary N) is 3. The van der Waals surface area contributed by atoms with Crippen molar-refractivity contribution in [1.29, 1.82) is 0 Å². The number of aryl methyl sites for hydroxylation is 1. The summed E-state index contributed by atoms with van der Waals surface area (Å²) in [4.78, 5) is 48.5. The lowest BCUT2D eigenvalue weighted by Crippen LogP contribution is -2.48. The summed E-state index contributed by atoms with van der Waals surface area (Å²) >= 11 is 12.5. The Balaban J connectivity index is 1.61. The van der Waals surface area contributed by atoms with E-state index in [1.807, 2.05) is 0 Å². The number of carbonyl (C=O) groups excluding carboxylic acids is 3. The largest absolute Gasteiger partial charge is 0.480 e. The summed E-state index contributed by atoms with van der Waals surface area (Å²) in [6, 6.07) is 6.35. The normalized spacial score (nSPS) is 11.8. The molecule has 3 aromatic rings. The van der Waals surface area contributed by atoms with Crippen LogP contribution in [-0.2, 0) is 16.1 Å². The van der Waals surface area contributed by atoms with E-state index in [0.29, 0.717) is 16.9 Å². The highest BCUT2D eigenvalue weighted by Crippen LogP contribution is 2.27. The van der Waals surface area contributed by atoms with Gasteiger partial charge in [-0.1, -0.05) is 23.2 Å². The minimum absolute atomic E-state index is 0.0377. The van der Waals surface area contributed by atoms with E-state index in [-0.39, 0.29) is 27.9 Å². The molecule has 4 N–H and O–H groups in total. The van der Waals surface area contributed by atoms with Crippen LogP contribution in [0, 0.1) is 6.92 Å². The molecule has 1 atom stereocenters.